The van der Waals surface area contributed by atoms with Crippen molar-refractivity contribution in [3.05, 3.63) is 18.0 Å². The molecule has 0 amide bonds. The van der Waals surface area contributed by atoms with E-state index < -0.39 is 0 Å². The van der Waals surface area contributed by atoms with Crippen molar-refractivity contribution in [1.29, 1.82) is 0 Å². The summed E-state index contributed by atoms with van der Waals surface area (Å²) in [6.07, 6.45) is 3.91. The zero-order valence-corrected chi connectivity index (χ0v) is 9.12. The highest BCUT2D eigenvalue weighted by Crippen LogP contribution is 2.03. The molecule has 1 unspecified atom stereocenters. The van der Waals surface area contributed by atoms with Crippen molar-refractivity contribution in [3.63, 3.8) is 0 Å². The third-order valence-corrected chi connectivity index (χ3v) is 1.91. The number of hydrogen-bond donors (Lipinski definition) is 0. The van der Waals surface area contributed by atoms with Crippen LogP contribution in [-0.4, -0.2) is 33.6 Å². The SMILES string of the molecule is CC(Cl)CN(C)Cc1cnn(C)c1. The molecule has 0 bridgehead atoms. The Morgan fingerprint density at radius 2 is 2.38 bits per heavy atom. The third-order valence-electron chi connectivity index (χ3n) is 1.77. The maximum Gasteiger partial charge on any atom is 0.0534 e. The summed E-state index contributed by atoms with van der Waals surface area (Å²) in [6.45, 7) is 3.81. The Morgan fingerprint density at radius 1 is 1.69 bits per heavy atom. The van der Waals surface area contributed by atoms with Crippen LogP contribution in [0.25, 0.3) is 0 Å². The van der Waals surface area contributed by atoms with E-state index in [9.17, 15) is 0 Å². The highest BCUT2D eigenvalue weighted by atomic mass is 35.5. The van der Waals surface area contributed by atoms with Crippen LogP contribution < -0.4 is 0 Å². The lowest BCUT2D eigenvalue weighted by Crippen LogP contribution is -2.23. The Balaban J connectivity index is 2.40. The molecule has 0 aliphatic heterocycles. The number of rotatable bonds is 4. The van der Waals surface area contributed by atoms with Crippen molar-refractivity contribution in [2.75, 3.05) is 13.6 Å². The molecular weight excluding hydrogens is 186 g/mol. The smallest absolute Gasteiger partial charge is 0.0534 e. The standard InChI is InChI=1S/C9H16ClN3/c1-8(10)5-12(2)6-9-4-11-13(3)7-9/h4,7-8H,5-6H2,1-3H3. The Kier molecular flexibility index (Phi) is 3.75. The number of halogens is 1. The molecule has 0 spiro atoms. The van der Waals surface area contributed by atoms with Gasteiger partial charge in [0.2, 0.25) is 0 Å². The molecule has 4 heteroatoms. The first-order valence-corrected chi connectivity index (χ1v) is 4.81. The van der Waals surface area contributed by atoms with Gasteiger partial charge in [0.1, 0.15) is 0 Å². The van der Waals surface area contributed by atoms with Crippen LogP contribution in [0.4, 0.5) is 0 Å². The number of nitrogens with zero attached hydrogens (tertiary/aromatic N) is 3. The van der Waals surface area contributed by atoms with Crippen molar-refractivity contribution in [1.82, 2.24) is 14.7 Å². The highest BCUT2D eigenvalue weighted by Gasteiger charge is 2.04. The average Bonchev–Trinajstić information content (AvgIpc) is 2.33. The molecule has 3 nitrogen and oxygen atoms in total. The van der Waals surface area contributed by atoms with Crippen molar-refractivity contribution in [2.45, 2.75) is 18.8 Å². The highest BCUT2D eigenvalue weighted by molar-refractivity contribution is 6.20. The minimum atomic E-state index is 0.196. The van der Waals surface area contributed by atoms with Gasteiger partial charge < -0.3 is 4.90 Å². The Bertz CT molecular complexity index is 257. The fourth-order valence-corrected chi connectivity index (χ4v) is 1.59. The molecule has 74 valence electrons. The van der Waals surface area contributed by atoms with Crippen LogP contribution in [-0.2, 0) is 13.6 Å². The van der Waals surface area contributed by atoms with Gasteiger partial charge in [-0.25, -0.2) is 0 Å². The summed E-state index contributed by atoms with van der Waals surface area (Å²) >= 11 is 5.88. The third kappa shape index (κ3) is 3.79. The van der Waals surface area contributed by atoms with Crippen molar-refractivity contribution < 1.29 is 0 Å². The Labute approximate surface area is 84.3 Å². The van der Waals surface area contributed by atoms with E-state index in [2.05, 4.69) is 17.0 Å². The maximum absolute atomic E-state index is 5.88. The van der Waals surface area contributed by atoms with Crippen LogP contribution in [0, 0.1) is 0 Å². The molecular formula is C9H16ClN3. The summed E-state index contributed by atoms with van der Waals surface area (Å²) in [5.41, 5.74) is 1.22. The number of aryl methyl sites for hydroxylation is 1. The largest absolute Gasteiger partial charge is 0.301 e. The van der Waals surface area contributed by atoms with Crippen LogP contribution in [0.1, 0.15) is 12.5 Å². The van der Waals surface area contributed by atoms with E-state index in [1.165, 1.54) is 5.56 Å². The van der Waals surface area contributed by atoms with Gasteiger partial charge in [-0.1, -0.05) is 0 Å². The first kappa shape index (κ1) is 10.5. The number of alkyl halides is 1. The molecule has 0 aliphatic carbocycles. The van der Waals surface area contributed by atoms with Gasteiger partial charge >= 0.3 is 0 Å². The predicted molar refractivity (Wildman–Crippen MR) is 54.9 cm³/mol. The van der Waals surface area contributed by atoms with E-state index in [1.807, 2.05) is 31.0 Å². The monoisotopic (exact) mass is 201 g/mol. The summed E-state index contributed by atoms with van der Waals surface area (Å²) in [6, 6.07) is 0. The van der Waals surface area contributed by atoms with Crippen molar-refractivity contribution >= 4 is 11.6 Å². The average molecular weight is 202 g/mol. The predicted octanol–water partition coefficient (Wildman–Crippen LogP) is 1.48. The molecule has 13 heavy (non-hydrogen) atoms. The second-order valence-corrected chi connectivity index (χ2v) is 4.24. The van der Waals surface area contributed by atoms with Crippen LogP contribution in [0.15, 0.2) is 12.4 Å². The van der Waals surface area contributed by atoms with Gasteiger partial charge in [0, 0.05) is 37.3 Å². The lowest BCUT2D eigenvalue weighted by Gasteiger charge is -2.16. The van der Waals surface area contributed by atoms with Gasteiger partial charge in [-0.15, -0.1) is 11.6 Å². The molecule has 1 rings (SSSR count). The summed E-state index contributed by atoms with van der Waals surface area (Å²) in [4.78, 5) is 2.19. The van der Waals surface area contributed by atoms with Gasteiger partial charge in [0.25, 0.3) is 0 Å². The normalized spacial score (nSPS) is 13.6. The van der Waals surface area contributed by atoms with E-state index in [0.717, 1.165) is 13.1 Å². The second kappa shape index (κ2) is 4.63. The van der Waals surface area contributed by atoms with E-state index in [0.29, 0.717) is 0 Å². The van der Waals surface area contributed by atoms with E-state index in [1.54, 1.807) is 0 Å². The summed E-state index contributed by atoms with van der Waals surface area (Å²) in [5, 5.41) is 4.30. The lowest BCUT2D eigenvalue weighted by molar-refractivity contribution is 0.330. The first-order valence-electron chi connectivity index (χ1n) is 4.38. The summed E-state index contributed by atoms with van der Waals surface area (Å²) in [5.74, 6) is 0. The fourth-order valence-electron chi connectivity index (χ4n) is 1.36. The molecule has 0 aromatic carbocycles. The van der Waals surface area contributed by atoms with Gasteiger partial charge in [-0.2, -0.15) is 5.10 Å². The van der Waals surface area contributed by atoms with Gasteiger partial charge in [0.05, 0.1) is 6.20 Å². The molecule has 1 heterocycles. The van der Waals surface area contributed by atoms with E-state index in [-0.39, 0.29) is 5.38 Å². The molecule has 0 radical (unpaired) electrons. The van der Waals surface area contributed by atoms with Crippen LogP contribution in [0.2, 0.25) is 0 Å². The zero-order chi connectivity index (χ0) is 9.84. The molecule has 0 N–H and O–H groups in total. The second-order valence-electron chi connectivity index (χ2n) is 3.50. The van der Waals surface area contributed by atoms with Gasteiger partial charge in [-0.05, 0) is 14.0 Å². The van der Waals surface area contributed by atoms with Gasteiger partial charge in [-0.3, -0.25) is 4.68 Å². The van der Waals surface area contributed by atoms with Crippen molar-refractivity contribution in [2.24, 2.45) is 7.05 Å². The Hall–Kier alpha value is -0.540. The van der Waals surface area contributed by atoms with E-state index in [4.69, 9.17) is 11.6 Å². The summed E-state index contributed by atoms with van der Waals surface area (Å²) < 4.78 is 1.81. The van der Waals surface area contributed by atoms with Crippen LogP contribution in [0.5, 0.6) is 0 Å². The first-order chi connectivity index (χ1) is 6.08. The molecule has 1 atom stereocenters. The number of aromatic nitrogens is 2. The number of hydrogen-bond acceptors (Lipinski definition) is 2. The van der Waals surface area contributed by atoms with Crippen molar-refractivity contribution in [3.8, 4) is 0 Å². The Morgan fingerprint density at radius 3 is 2.85 bits per heavy atom. The molecule has 1 aromatic heterocycles. The minimum Gasteiger partial charge on any atom is -0.301 e. The molecule has 0 aliphatic rings. The van der Waals surface area contributed by atoms with Crippen LogP contribution in [0.3, 0.4) is 0 Å². The zero-order valence-electron chi connectivity index (χ0n) is 8.37. The fraction of sp³-hybridized carbons (Fsp3) is 0.667. The maximum atomic E-state index is 5.88. The molecule has 0 saturated heterocycles. The molecule has 0 fully saturated rings. The molecule has 0 saturated carbocycles. The quantitative estimate of drug-likeness (QED) is 0.689. The minimum absolute atomic E-state index is 0.196. The topological polar surface area (TPSA) is 21.1 Å². The molecule has 1 aromatic rings. The van der Waals surface area contributed by atoms with Crippen LogP contribution >= 0.6 is 11.6 Å². The lowest BCUT2D eigenvalue weighted by atomic mass is 10.3. The van der Waals surface area contributed by atoms with E-state index >= 15 is 0 Å². The van der Waals surface area contributed by atoms with Gasteiger partial charge in [0.15, 0.2) is 0 Å². The summed E-state index contributed by atoms with van der Waals surface area (Å²) in [7, 11) is 3.99.